The summed E-state index contributed by atoms with van der Waals surface area (Å²) in [4.78, 5) is 11.0. The molecule has 0 fully saturated rings. The molecule has 0 aromatic carbocycles. The van der Waals surface area contributed by atoms with Gasteiger partial charge in [-0.1, -0.05) is 0 Å². The number of rotatable bonds is 1. The van der Waals surface area contributed by atoms with E-state index < -0.39 is 5.97 Å². The summed E-state index contributed by atoms with van der Waals surface area (Å²) in [5, 5.41) is 9.66. The predicted molar refractivity (Wildman–Crippen MR) is 49.2 cm³/mol. The second kappa shape index (κ2) is 2.53. The van der Waals surface area contributed by atoms with Crippen LogP contribution in [-0.2, 0) is 0 Å². The van der Waals surface area contributed by atoms with Gasteiger partial charge in [0.2, 0.25) is 0 Å². The maximum Gasteiger partial charge on any atom is 0.345 e. The number of aromatic nitrogens is 1. The highest BCUT2D eigenvalue weighted by atomic mass is 32.2. The summed E-state index contributed by atoms with van der Waals surface area (Å²) < 4.78 is 5.11. The zero-order valence-corrected chi connectivity index (χ0v) is 7.83. The Bertz CT molecular complexity index is 443. The number of thiophene rings is 1. The van der Waals surface area contributed by atoms with Crippen molar-refractivity contribution < 1.29 is 9.90 Å². The number of aromatic carboxylic acids is 1. The molecule has 5 heteroatoms. The molecule has 12 heavy (non-hydrogen) atoms. The summed E-state index contributed by atoms with van der Waals surface area (Å²) in [6.45, 7) is 1.89. The van der Waals surface area contributed by atoms with Gasteiger partial charge in [0, 0.05) is 5.39 Å². The van der Waals surface area contributed by atoms with Gasteiger partial charge in [-0.15, -0.1) is 11.3 Å². The Balaban J connectivity index is 2.70. The number of carboxylic acids is 1. The van der Waals surface area contributed by atoms with Gasteiger partial charge in [0.25, 0.3) is 0 Å². The third-order valence-corrected chi connectivity index (χ3v) is 3.71. The second-order valence-corrected chi connectivity index (χ2v) is 4.47. The first-order valence-corrected chi connectivity index (χ1v) is 4.86. The van der Waals surface area contributed by atoms with Crippen LogP contribution in [0.15, 0.2) is 6.07 Å². The molecular formula is C7H5NO2S2. The van der Waals surface area contributed by atoms with E-state index in [1.165, 1.54) is 22.9 Å². The van der Waals surface area contributed by atoms with E-state index in [-0.39, 0.29) is 0 Å². The molecule has 0 amide bonds. The molecule has 0 aliphatic heterocycles. The van der Waals surface area contributed by atoms with Crippen molar-refractivity contribution in [2.45, 2.75) is 6.92 Å². The van der Waals surface area contributed by atoms with Crippen molar-refractivity contribution in [2.75, 3.05) is 0 Å². The molecule has 0 radical (unpaired) electrons. The third kappa shape index (κ3) is 1.02. The van der Waals surface area contributed by atoms with E-state index in [1.807, 2.05) is 6.92 Å². The summed E-state index contributed by atoms with van der Waals surface area (Å²) >= 11 is 2.64. The van der Waals surface area contributed by atoms with Crippen LogP contribution in [-0.4, -0.2) is 15.4 Å². The minimum Gasteiger partial charge on any atom is -0.477 e. The van der Waals surface area contributed by atoms with Crippen LogP contribution in [0.3, 0.4) is 0 Å². The summed E-state index contributed by atoms with van der Waals surface area (Å²) in [5.74, 6) is -0.859. The van der Waals surface area contributed by atoms with Crippen molar-refractivity contribution in [1.29, 1.82) is 0 Å². The van der Waals surface area contributed by atoms with Crippen molar-refractivity contribution >= 4 is 38.2 Å². The van der Waals surface area contributed by atoms with Gasteiger partial charge < -0.3 is 5.11 Å². The van der Waals surface area contributed by atoms with Crippen LogP contribution < -0.4 is 0 Å². The lowest BCUT2D eigenvalue weighted by atomic mass is 10.3. The van der Waals surface area contributed by atoms with Crippen LogP contribution >= 0.6 is 22.9 Å². The van der Waals surface area contributed by atoms with Gasteiger partial charge in [0.1, 0.15) is 8.89 Å². The molecule has 0 unspecified atom stereocenters. The molecule has 2 aromatic rings. The molecule has 0 aliphatic carbocycles. The number of carboxylic acid groups (broad SMARTS) is 1. The van der Waals surface area contributed by atoms with E-state index >= 15 is 0 Å². The molecule has 0 saturated heterocycles. The summed E-state index contributed by atoms with van der Waals surface area (Å²) in [6.07, 6.45) is 0. The lowest BCUT2D eigenvalue weighted by Crippen LogP contribution is -1.89. The Morgan fingerprint density at radius 3 is 3.00 bits per heavy atom. The number of nitrogens with zero attached hydrogens (tertiary/aromatic N) is 1. The lowest BCUT2D eigenvalue weighted by Gasteiger charge is -1.81. The number of fused-ring (bicyclic) bond motifs is 1. The van der Waals surface area contributed by atoms with Gasteiger partial charge in [-0.05, 0) is 24.5 Å². The standard InChI is InChI=1S/C7H5NO2S2/c1-3-4-2-5(6(9)10)11-7(4)12-8-3/h2H,1H3,(H,9,10). The van der Waals surface area contributed by atoms with E-state index in [2.05, 4.69) is 4.37 Å². The molecule has 3 nitrogen and oxygen atoms in total. The highest BCUT2D eigenvalue weighted by Gasteiger charge is 2.11. The molecule has 0 aliphatic rings. The number of hydrogen-bond donors (Lipinski definition) is 1. The van der Waals surface area contributed by atoms with Gasteiger partial charge in [0.15, 0.2) is 0 Å². The maximum atomic E-state index is 10.6. The normalized spacial score (nSPS) is 10.8. The zero-order chi connectivity index (χ0) is 8.72. The molecule has 1 N–H and O–H groups in total. The molecule has 0 bridgehead atoms. The molecular weight excluding hydrogens is 194 g/mol. The first-order valence-electron chi connectivity index (χ1n) is 3.27. The van der Waals surface area contributed by atoms with Crippen LogP contribution in [0, 0.1) is 6.92 Å². The van der Waals surface area contributed by atoms with Crippen LogP contribution in [0.4, 0.5) is 0 Å². The molecule has 0 saturated carbocycles. The highest BCUT2D eigenvalue weighted by molar-refractivity contribution is 7.36. The predicted octanol–water partition coefficient (Wildman–Crippen LogP) is 2.36. The number of hydrogen-bond acceptors (Lipinski definition) is 4. The Morgan fingerprint density at radius 1 is 1.67 bits per heavy atom. The lowest BCUT2D eigenvalue weighted by molar-refractivity contribution is 0.0702. The minimum absolute atomic E-state index is 0.391. The average Bonchev–Trinajstić information content (AvgIpc) is 2.53. The topological polar surface area (TPSA) is 50.2 Å². The summed E-state index contributed by atoms with van der Waals surface area (Å²) in [6, 6.07) is 1.68. The van der Waals surface area contributed by atoms with E-state index in [4.69, 9.17) is 5.11 Å². The Labute approximate surface area is 76.4 Å². The first-order chi connectivity index (χ1) is 5.68. The summed E-state index contributed by atoms with van der Waals surface area (Å²) in [5.41, 5.74) is 0.916. The molecule has 0 spiro atoms. The van der Waals surface area contributed by atoms with Gasteiger partial charge in [-0.2, -0.15) is 4.37 Å². The number of carbonyl (C=O) groups is 1. The van der Waals surface area contributed by atoms with Crippen molar-refractivity contribution in [3.63, 3.8) is 0 Å². The molecule has 2 rings (SSSR count). The first kappa shape index (κ1) is 7.70. The second-order valence-electron chi connectivity index (χ2n) is 2.38. The van der Waals surface area contributed by atoms with E-state index in [9.17, 15) is 4.79 Å². The van der Waals surface area contributed by atoms with Gasteiger partial charge in [-0.25, -0.2) is 4.79 Å². The van der Waals surface area contributed by atoms with Crippen molar-refractivity contribution in [2.24, 2.45) is 0 Å². The van der Waals surface area contributed by atoms with Crippen LogP contribution in [0.25, 0.3) is 9.40 Å². The monoisotopic (exact) mass is 199 g/mol. The van der Waals surface area contributed by atoms with Crippen molar-refractivity contribution in [3.8, 4) is 0 Å². The Hall–Kier alpha value is -0.940. The summed E-state index contributed by atoms with van der Waals surface area (Å²) in [7, 11) is 0. The number of aryl methyl sites for hydroxylation is 1. The molecule has 2 heterocycles. The highest BCUT2D eigenvalue weighted by Crippen LogP contribution is 2.31. The molecule has 2 aromatic heterocycles. The van der Waals surface area contributed by atoms with Crippen molar-refractivity contribution in [1.82, 2.24) is 4.37 Å². The van der Waals surface area contributed by atoms with Crippen molar-refractivity contribution in [3.05, 3.63) is 16.6 Å². The smallest absolute Gasteiger partial charge is 0.345 e. The van der Waals surface area contributed by atoms with Gasteiger partial charge in [0.05, 0.1) is 5.69 Å². The quantitative estimate of drug-likeness (QED) is 0.767. The van der Waals surface area contributed by atoms with Crippen LogP contribution in [0.1, 0.15) is 15.4 Å². The minimum atomic E-state index is -0.859. The fourth-order valence-electron chi connectivity index (χ4n) is 0.959. The fraction of sp³-hybridized carbons (Fsp3) is 0.143. The average molecular weight is 199 g/mol. The van der Waals surface area contributed by atoms with E-state index in [0.717, 1.165) is 15.1 Å². The largest absolute Gasteiger partial charge is 0.477 e. The molecule has 62 valence electrons. The van der Waals surface area contributed by atoms with Gasteiger partial charge in [-0.3, -0.25) is 0 Å². The SMILES string of the molecule is Cc1nsc2sc(C(=O)O)cc12. The van der Waals surface area contributed by atoms with Gasteiger partial charge >= 0.3 is 5.97 Å². The van der Waals surface area contributed by atoms with Crippen LogP contribution in [0.2, 0.25) is 0 Å². The fourth-order valence-corrected chi connectivity index (χ4v) is 2.89. The Morgan fingerprint density at radius 2 is 2.42 bits per heavy atom. The maximum absolute atomic E-state index is 10.6. The van der Waals surface area contributed by atoms with E-state index in [1.54, 1.807) is 6.07 Å². The molecule has 0 atom stereocenters. The third-order valence-electron chi connectivity index (χ3n) is 1.56. The Kier molecular flexibility index (Phi) is 1.62. The van der Waals surface area contributed by atoms with Crippen LogP contribution in [0.5, 0.6) is 0 Å². The zero-order valence-electron chi connectivity index (χ0n) is 6.20. The van der Waals surface area contributed by atoms with E-state index in [0.29, 0.717) is 4.88 Å².